The first-order valence-electron chi connectivity index (χ1n) is 10.4. The van der Waals surface area contributed by atoms with Gasteiger partial charge in [-0.05, 0) is 54.1 Å². The molecule has 9 heteroatoms. The molecule has 2 heterocycles. The second kappa shape index (κ2) is 8.48. The first-order valence-corrected chi connectivity index (χ1v) is 10.8. The fourth-order valence-corrected chi connectivity index (χ4v) is 4.41. The number of benzene rings is 3. The molecule has 3 aromatic carbocycles. The molecule has 0 bridgehead atoms. The van der Waals surface area contributed by atoms with Crippen LogP contribution in [-0.4, -0.2) is 29.0 Å². The third-order valence-electron chi connectivity index (χ3n) is 5.73. The monoisotopic (exact) mass is 493 g/mol. The predicted octanol–water partition coefficient (Wildman–Crippen LogP) is 5.72. The second-order valence-corrected chi connectivity index (χ2v) is 8.31. The minimum absolute atomic E-state index is 0.102. The quantitative estimate of drug-likeness (QED) is 0.345. The maximum absolute atomic E-state index is 13.7. The van der Waals surface area contributed by atoms with E-state index >= 15 is 0 Å². The van der Waals surface area contributed by atoms with Crippen LogP contribution in [0.1, 0.15) is 22.2 Å². The molecule has 7 nitrogen and oxygen atoms in total. The molecule has 1 atom stereocenters. The normalized spacial score (nSPS) is 15.8. The molecule has 1 aliphatic rings. The molecular weight excluding hydrogens is 477 g/mol. The van der Waals surface area contributed by atoms with Gasteiger partial charge in [0, 0.05) is 22.2 Å². The number of aromatic hydroxyl groups is 1. The molecule has 0 saturated carbocycles. The largest absolute Gasteiger partial charge is 0.508 e. The average Bonchev–Trinajstić information content (AvgIpc) is 3.38. The number of aliphatic hydroxyl groups is 1. The number of fused-ring (bicyclic) bond motifs is 1. The third-order valence-corrected chi connectivity index (χ3v) is 5.95. The Morgan fingerprint density at radius 2 is 1.83 bits per heavy atom. The number of furan rings is 1. The molecule has 1 amide bonds. The average molecular weight is 494 g/mol. The van der Waals surface area contributed by atoms with Gasteiger partial charge in [0.05, 0.1) is 18.7 Å². The predicted molar refractivity (Wildman–Crippen MR) is 126 cm³/mol. The smallest absolute Gasteiger partial charge is 0.294 e. The van der Waals surface area contributed by atoms with Crippen LogP contribution in [-0.2, 0) is 4.79 Å². The summed E-state index contributed by atoms with van der Waals surface area (Å²) >= 11 is 6.12. The van der Waals surface area contributed by atoms with Crippen molar-refractivity contribution < 1.29 is 33.3 Å². The molecule has 1 unspecified atom stereocenters. The molecule has 4 aromatic rings. The molecule has 176 valence electrons. The molecule has 0 aliphatic carbocycles. The standard InChI is InChI=1S/C26H17ClFNO6/c1-34-20-12-15(27)9-14-11-19(35-25(14)20)23(31)21-22(13-3-2-4-18(30)10-13)29(26(33)24(21)32)17-7-5-16(28)6-8-17/h2-12,22,30,32H,1H3. The molecule has 2 N–H and O–H groups in total. The van der Waals surface area contributed by atoms with Crippen molar-refractivity contribution >= 4 is 39.9 Å². The summed E-state index contributed by atoms with van der Waals surface area (Å²) in [5.74, 6) is -2.84. The summed E-state index contributed by atoms with van der Waals surface area (Å²) in [6.07, 6.45) is 0. The van der Waals surface area contributed by atoms with E-state index < -0.39 is 29.3 Å². The van der Waals surface area contributed by atoms with Crippen molar-refractivity contribution in [1.82, 2.24) is 0 Å². The molecule has 1 aromatic heterocycles. The van der Waals surface area contributed by atoms with Gasteiger partial charge in [0.25, 0.3) is 5.91 Å². The van der Waals surface area contributed by atoms with Gasteiger partial charge in [0.15, 0.2) is 22.9 Å². The van der Waals surface area contributed by atoms with E-state index in [0.29, 0.717) is 21.7 Å². The van der Waals surface area contributed by atoms with E-state index in [1.54, 1.807) is 18.2 Å². The minimum atomic E-state index is -1.12. The number of anilines is 1. The Hall–Kier alpha value is -4.30. The summed E-state index contributed by atoms with van der Waals surface area (Å²) in [6, 6.07) is 14.4. The fraction of sp³-hybridized carbons (Fsp3) is 0.0769. The zero-order valence-corrected chi connectivity index (χ0v) is 18.9. The lowest BCUT2D eigenvalue weighted by Gasteiger charge is -2.26. The Balaban J connectivity index is 1.67. The van der Waals surface area contributed by atoms with Crippen LogP contribution in [0.25, 0.3) is 11.0 Å². The summed E-state index contributed by atoms with van der Waals surface area (Å²) in [4.78, 5) is 28.0. The van der Waals surface area contributed by atoms with Crippen LogP contribution in [0.3, 0.4) is 0 Å². The zero-order valence-electron chi connectivity index (χ0n) is 18.2. The number of nitrogens with zero attached hydrogens (tertiary/aromatic N) is 1. The third kappa shape index (κ3) is 3.77. The highest BCUT2D eigenvalue weighted by molar-refractivity contribution is 6.31. The van der Waals surface area contributed by atoms with Gasteiger partial charge in [-0.25, -0.2) is 4.39 Å². The van der Waals surface area contributed by atoms with E-state index in [9.17, 15) is 24.2 Å². The Bertz CT molecular complexity index is 1520. The SMILES string of the molecule is COc1cc(Cl)cc2cc(C(=O)C3=C(O)C(=O)N(c4ccc(F)cc4)C3c3cccc(O)c3)oc12. The van der Waals surface area contributed by atoms with E-state index in [2.05, 4.69) is 0 Å². The first kappa shape index (κ1) is 22.5. The Morgan fingerprint density at radius 1 is 1.09 bits per heavy atom. The van der Waals surface area contributed by atoms with Crippen LogP contribution < -0.4 is 9.64 Å². The number of phenolic OH excluding ortho intramolecular Hbond substituents is 1. The summed E-state index contributed by atoms with van der Waals surface area (Å²) in [7, 11) is 1.43. The van der Waals surface area contributed by atoms with Gasteiger partial charge >= 0.3 is 0 Å². The van der Waals surface area contributed by atoms with Gasteiger partial charge in [-0.3, -0.25) is 14.5 Å². The van der Waals surface area contributed by atoms with Crippen LogP contribution in [0.5, 0.6) is 11.5 Å². The molecule has 35 heavy (non-hydrogen) atoms. The van der Waals surface area contributed by atoms with E-state index in [1.165, 1.54) is 43.5 Å². The van der Waals surface area contributed by atoms with Crippen molar-refractivity contribution in [1.29, 1.82) is 0 Å². The molecule has 0 saturated heterocycles. The molecule has 1 aliphatic heterocycles. The molecule has 0 fully saturated rings. The number of hydrogen-bond donors (Lipinski definition) is 2. The summed E-state index contributed by atoms with van der Waals surface area (Å²) < 4.78 is 24.6. The highest BCUT2D eigenvalue weighted by Crippen LogP contribution is 2.43. The molecule has 5 rings (SSSR count). The fourth-order valence-electron chi connectivity index (χ4n) is 4.20. The number of aliphatic hydroxyl groups excluding tert-OH is 1. The number of amides is 1. The number of carbonyl (C=O) groups is 2. The zero-order chi connectivity index (χ0) is 24.9. The van der Waals surface area contributed by atoms with E-state index in [1.807, 2.05) is 0 Å². The number of rotatable bonds is 5. The number of methoxy groups -OCH3 is 1. The van der Waals surface area contributed by atoms with Gasteiger partial charge in [0.2, 0.25) is 5.78 Å². The van der Waals surface area contributed by atoms with Gasteiger partial charge < -0.3 is 19.4 Å². The number of hydrogen-bond acceptors (Lipinski definition) is 6. The number of carbonyl (C=O) groups excluding carboxylic acids is 2. The van der Waals surface area contributed by atoms with Crippen LogP contribution in [0, 0.1) is 5.82 Å². The van der Waals surface area contributed by atoms with E-state index in [0.717, 1.165) is 17.0 Å². The van der Waals surface area contributed by atoms with Gasteiger partial charge in [-0.1, -0.05) is 23.7 Å². The topological polar surface area (TPSA) is 100 Å². The van der Waals surface area contributed by atoms with E-state index in [4.69, 9.17) is 20.8 Å². The van der Waals surface area contributed by atoms with Crippen molar-refractivity contribution in [3.63, 3.8) is 0 Å². The first-order chi connectivity index (χ1) is 16.8. The van der Waals surface area contributed by atoms with Gasteiger partial charge in [-0.2, -0.15) is 0 Å². The number of Topliss-reactive ketones (excluding diaryl/α,β-unsaturated/α-hetero) is 1. The number of halogens is 2. The molecule has 0 radical (unpaired) electrons. The lowest BCUT2D eigenvalue weighted by Crippen LogP contribution is -2.31. The number of ketones is 1. The van der Waals surface area contributed by atoms with Crippen molar-refractivity contribution in [2.24, 2.45) is 0 Å². The highest BCUT2D eigenvalue weighted by atomic mass is 35.5. The minimum Gasteiger partial charge on any atom is -0.508 e. The summed E-state index contributed by atoms with van der Waals surface area (Å²) in [5.41, 5.74) is 0.618. The lowest BCUT2D eigenvalue weighted by atomic mass is 9.94. The van der Waals surface area contributed by atoms with E-state index in [-0.39, 0.29) is 28.4 Å². The Morgan fingerprint density at radius 3 is 2.51 bits per heavy atom. The maximum Gasteiger partial charge on any atom is 0.294 e. The number of ether oxygens (including phenoxy) is 1. The Labute approximate surface area is 203 Å². The van der Waals surface area contributed by atoms with Gasteiger partial charge in [0.1, 0.15) is 11.6 Å². The number of phenols is 1. The second-order valence-electron chi connectivity index (χ2n) is 7.88. The summed E-state index contributed by atoms with van der Waals surface area (Å²) in [6.45, 7) is 0. The van der Waals surface area contributed by atoms with Crippen LogP contribution in [0.15, 0.2) is 82.5 Å². The van der Waals surface area contributed by atoms with Gasteiger partial charge in [-0.15, -0.1) is 0 Å². The Kier molecular flexibility index (Phi) is 5.45. The maximum atomic E-state index is 13.7. The van der Waals surface area contributed by atoms with Crippen LogP contribution in [0.2, 0.25) is 5.02 Å². The summed E-state index contributed by atoms with van der Waals surface area (Å²) in [5, 5.41) is 21.8. The van der Waals surface area contributed by atoms with Crippen LogP contribution >= 0.6 is 11.6 Å². The van der Waals surface area contributed by atoms with Crippen molar-refractivity contribution in [2.45, 2.75) is 6.04 Å². The van der Waals surface area contributed by atoms with Crippen molar-refractivity contribution in [3.8, 4) is 11.5 Å². The van der Waals surface area contributed by atoms with Crippen molar-refractivity contribution in [2.75, 3.05) is 12.0 Å². The molecule has 0 spiro atoms. The van der Waals surface area contributed by atoms with Crippen molar-refractivity contribution in [3.05, 3.63) is 100 Å². The highest BCUT2D eigenvalue weighted by Gasteiger charge is 2.45. The molecular formula is C26H17ClFNO6. The van der Waals surface area contributed by atoms with Crippen LogP contribution in [0.4, 0.5) is 10.1 Å². The lowest BCUT2D eigenvalue weighted by molar-refractivity contribution is -0.117.